The molecule has 2 N–H and O–H groups in total. The smallest absolute Gasteiger partial charge is 0.327 e. The van der Waals surface area contributed by atoms with Crippen LogP contribution in [0, 0.1) is 0 Å². The van der Waals surface area contributed by atoms with Crippen molar-refractivity contribution in [2.45, 2.75) is 44.4 Å². The van der Waals surface area contributed by atoms with Crippen molar-refractivity contribution in [1.29, 1.82) is 0 Å². The summed E-state index contributed by atoms with van der Waals surface area (Å²) in [6.07, 6.45) is -2.99. The number of hydrogen-bond donors (Lipinski definition) is 1. The first-order valence-electron chi connectivity index (χ1n) is 5.17. The zero-order valence-corrected chi connectivity index (χ0v) is 8.83. The second-order valence-electron chi connectivity index (χ2n) is 4.14. The van der Waals surface area contributed by atoms with Gasteiger partial charge in [-0.3, -0.25) is 0 Å². The summed E-state index contributed by atoms with van der Waals surface area (Å²) in [6, 6.07) is -0.204. The Balaban J connectivity index is 2.42. The predicted octanol–water partition coefficient (Wildman–Crippen LogP) is 1.52. The van der Waals surface area contributed by atoms with Gasteiger partial charge in [-0.2, -0.15) is 13.2 Å². The average molecular weight is 234 g/mol. The Bertz CT molecular complexity index is 383. The molecule has 0 fully saturated rings. The summed E-state index contributed by atoms with van der Waals surface area (Å²) in [6.45, 7) is 2.10. The number of aromatic nitrogens is 3. The number of nitrogens with two attached hydrogens (primary N) is 1. The Labute approximate surface area is 90.6 Å². The lowest BCUT2D eigenvalue weighted by Crippen LogP contribution is -2.31. The first-order chi connectivity index (χ1) is 7.41. The Hall–Kier alpha value is -1.11. The molecule has 2 rings (SSSR count). The van der Waals surface area contributed by atoms with E-state index in [2.05, 4.69) is 10.2 Å². The minimum Gasteiger partial charge on any atom is -0.327 e. The second kappa shape index (κ2) is 3.73. The molecular weight excluding hydrogens is 221 g/mol. The lowest BCUT2D eigenvalue weighted by molar-refractivity contribution is -0.147. The van der Waals surface area contributed by atoms with Crippen LogP contribution in [-0.2, 0) is 12.7 Å². The number of rotatable bonds is 1. The number of fused-ring (bicyclic) bond motifs is 1. The van der Waals surface area contributed by atoms with Gasteiger partial charge in [-0.15, -0.1) is 10.2 Å². The number of hydrogen-bond acceptors (Lipinski definition) is 3. The zero-order chi connectivity index (χ0) is 11.9. The third kappa shape index (κ3) is 1.79. The van der Waals surface area contributed by atoms with Crippen LogP contribution < -0.4 is 5.73 Å². The van der Waals surface area contributed by atoms with Crippen LogP contribution in [0.2, 0.25) is 0 Å². The van der Waals surface area contributed by atoms with Gasteiger partial charge in [-0.1, -0.05) is 0 Å². The van der Waals surface area contributed by atoms with E-state index in [9.17, 15) is 13.2 Å². The van der Waals surface area contributed by atoms with E-state index in [-0.39, 0.29) is 12.0 Å². The molecule has 1 aromatic heterocycles. The van der Waals surface area contributed by atoms with Crippen LogP contribution >= 0.6 is 0 Å². The van der Waals surface area contributed by atoms with E-state index < -0.39 is 12.0 Å². The van der Waals surface area contributed by atoms with Gasteiger partial charge in [0.2, 0.25) is 5.82 Å². The van der Waals surface area contributed by atoms with Gasteiger partial charge in [-0.25, -0.2) is 0 Å². The molecule has 1 aliphatic heterocycles. The summed E-state index contributed by atoms with van der Waals surface area (Å²) >= 11 is 0. The second-order valence-corrected chi connectivity index (χ2v) is 4.14. The van der Waals surface area contributed by atoms with Gasteiger partial charge in [0.15, 0.2) is 0 Å². The fourth-order valence-corrected chi connectivity index (χ4v) is 2.12. The molecule has 1 aliphatic rings. The van der Waals surface area contributed by atoms with Crippen molar-refractivity contribution in [3.63, 3.8) is 0 Å². The number of alkyl halides is 3. The summed E-state index contributed by atoms with van der Waals surface area (Å²) in [5, 5.41) is 6.87. The van der Waals surface area contributed by atoms with E-state index in [0.29, 0.717) is 18.8 Å². The van der Waals surface area contributed by atoms with Crippen molar-refractivity contribution in [2.75, 3.05) is 0 Å². The molecule has 2 atom stereocenters. The van der Waals surface area contributed by atoms with Crippen LogP contribution in [0.15, 0.2) is 0 Å². The molecule has 0 aliphatic carbocycles. The molecule has 4 nitrogen and oxygen atoms in total. The maximum atomic E-state index is 12.6. The Morgan fingerprint density at radius 1 is 1.44 bits per heavy atom. The Morgan fingerprint density at radius 2 is 2.12 bits per heavy atom. The molecule has 2 heterocycles. The monoisotopic (exact) mass is 234 g/mol. The van der Waals surface area contributed by atoms with E-state index in [1.54, 1.807) is 6.92 Å². The number of nitrogens with zero attached hydrogens (tertiary/aromatic N) is 3. The fourth-order valence-electron chi connectivity index (χ4n) is 2.12. The molecule has 90 valence electrons. The third-order valence-electron chi connectivity index (χ3n) is 2.90. The highest BCUT2D eigenvalue weighted by molar-refractivity contribution is 5.09. The zero-order valence-electron chi connectivity index (χ0n) is 8.83. The van der Waals surface area contributed by atoms with Crippen molar-refractivity contribution in [1.82, 2.24) is 14.8 Å². The molecule has 7 heteroatoms. The van der Waals surface area contributed by atoms with Crippen molar-refractivity contribution in [2.24, 2.45) is 5.73 Å². The van der Waals surface area contributed by atoms with E-state index in [1.807, 2.05) is 0 Å². The Kier molecular flexibility index (Phi) is 2.65. The molecule has 0 bridgehead atoms. The topological polar surface area (TPSA) is 56.7 Å². The van der Waals surface area contributed by atoms with Crippen molar-refractivity contribution < 1.29 is 13.2 Å². The molecule has 0 spiro atoms. The third-order valence-corrected chi connectivity index (χ3v) is 2.90. The van der Waals surface area contributed by atoms with Crippen LogP contribution in [0.3, 0.4) is 0 Å². The average Bonchev–Trinajstić information content (AvgIpc) is 2.59. The molecule has 16 heavy (non-hydrogen) atoms. The van der Waals surface area contributed by atoms with Crippen LogP contribution in [0.25, 0.3) is 0 Å². The van der Waals surface area contributed by atoms with Crippen LogP contribution in [0.4, 0.5) is 13.2 Å². The van der Waals surface area contributed by atoms with E-state index in [1.165, 1.54) is 0 Å². The molecule has 0 saturated carbocycles. The van der Waals surface area contributed by atoms with Crippen molar-refractivity contribution in [3.05, 3.63) is 11.6 Å². The van der Waals surface area contributed by atoms with Gasteiger partial charge in [0, 0.05) is 18.5 Å². The fraction of sp³-hybridized carbons (Fsp3) is 0.778. The molecule has 0 amide bonds. The highest BCUT2D eigenvalue weighted by atomic mass is 19.4. The summed E-state index contributed by atoms with van der Waals surface area (Å²) < 4.78 is 38.9. The standard InChI is InChI=1S/C9H13F3N4/c1-5(13)6-3-2-4-16-7(6)14-15-8(16)9(10,11)12/h5-6H,2-4,13H2,1H3. The molecule has 2 unspecified atom stereocenters. The van der Waals surface area contributed by atoms with Crippen LogP contribution in [0.1, 0.15) is 37.3 Å². The lowest BCUT2D eigenvalue weighted by atomic mass is 9.93. The summed E-state index contributed by atoms with van der Waals surface area (Å²) in [4.78, 5) is 0. The first kappa shape index (κ1) is 11.4. The normalized spacial score (nSPS) is 22.9. The van der Waals surface area contributed by atoms with Gasteiger partial charge < -0.3 is 10.3 Å². The van der Waals surface area contributed by atoms with E-state index >= 15 is 0 Å². The van der Waals surface area contributed by atoms with Crippen molar-refractivity contribution >= 4 is 0 Å². The molecule has 0 saturated heterocycles. The maximum absolute atomic E-state index is 12.6. The minimum atomic E-state index is -4.44. The largest absolute Gasteiger partial charge is 0.451 e. The molecule has 1 aromatic rings. The highest BCUT2D eigenvalue weighted by Gasteiger charge is 2.40. The first-order valence-corrected chi connectivity index (χ1v) is 5.17. The SMILES string of the molecule is CC(N)C1CCCn2c1nnc2C(F)(F)F. The quantitative estimate of drug-likeness (QED) is 0.801. The van der Waals surface area contributed by atoms with Crippen molar-refractivity contribution in [3.8, 4) is 0 Å². The Morgan fingerprint density at radius 3 is 2.69 bits per heavy atom. The van der Waals surface area contributed by atoms with Crippen LogP contribution in [-0.4, -0.2) is 20.8 Å². The minimum absolute atomic E-state index is 0.127. The predicted molar refractivity (Wildman–Crippen MR) is 50.6 cm³/mol. The van der Waals surface area contributed by atoms with E-state index in [4.69, 9.17) is 5.73 Å². The lowest BCUT2D eigenvalue weighted by Gasteiger charge is -2.26. The molecule has 0 radical (unpaired) electrons. The molecular formula is C9H13F3N4. The summed E-state index contributed by atoms with van der Waals surface area (Å²) in [7, 11) is 0. The van der Waals surface area contributed by atoms with Gasteiger partial charge in [0.25, 0.3) is 0 Å². The van der Waals surface area contributed by atoms with E-state index in [0.717, 1.165) is 11.0 Å². The maximum Gasteiger partial charge on any atom is 0.451 e. The molecule has 0 aromatic carbocycles. The van der Waals surface area contributed by atoms with Gasteiger partial charge in [-0.05, 0) is 19.8 Å². The van der Waals surface area contributed by atoms with Gasteiger partial charge in [0.05, 0.1) is 0 Å². The highest BCUT2D eigenvalue weighted by Crippen LogP contribution is 2.34. The number of halogens is 3. The van der Waals surface area contributed by atoms with Gasteiger partial charge in [0.1, 0.15) is 5.82 Å². The summed E-state index contributed by atoms with van der Waals surface area (Å²) in [5.74, 6) is -0.668. The van der Waals surface area contributed by atoms with Gasteiger partial charge >= 0.3 is 6.18 Å². The van der Waals surface area contributed by atoms with Crippen LogP contribution in [0.5, 0.6) is 0 Å². The summed E-state index contributed by atoms with van der Waals surface area (Å²) in [5.41, 5.74) is 5.74.